The molecule has 1 aromatic carbocycles. The molecule has 1 amide bonds. The monoisotopic (exact) mass is 310 g/mol. The number of thiocarbonyl (C=S) groups is 1. The molecule has 0 aliphatic rings. The van der Waals surface area contributed by atoms with Gasteiger partial charge in [0.2, 0.25) is 5.91 Å². The number of nitrogens with one attached hydrogen (secondary N) is 3. The van der Waals surface area contributed by atoms with E-state index in [-0.39, 0.29) is 16.9 Å². The Kier molecular flexibility index (Phi) is 6.81. The van der Waals surface area contributed by atoms with Gasteiger partial charge in [-0.25, -0.2) is 0 Å². The van der Waals surface area contributed by atoms with Gasteiger partial charge < -0.3 is 17.5 Å². The van der Waals surface area contributed by atoms with E-state index in [0.717, 1.165) is 12.0 Å². The second-order valence-electron chi connectivity index (χ2n) is 5.11. The summed E-state index contributed by atoms with van der Waals surface area (Å²) < 4.78 is 2.31. The van der Waals surface area contributed by atoms with E-state index < -0.39 is 0 Å². The Hall–Kier alpha value is -1.27. The summed E-state index contributed by atoms with van der Waals surface area (Å²) in [5.41, 5.74) is 7.31. The molecular formula is C14H20N3OS2-. The van der Waals surface area contributed by atoms with Gasteiger partial charge in [-0.1, -0.05) is 38.1 Å². The molecule has 0 aliphatic carbocycles. The first-order valence-corrected chi connectivity index (χ1v) is 7.32. The highest BCUT2D eigenvalue weighted by molar-refractivity contribution is 7.81. The van der Waals surface area contributed by atoms with Crippen molar-refractivity contribution in [2.75, 3.05) is 0 Å². The number of rotatable bonds is 4. The lowest BCUT2D eigenvalue weighted by Crippen LogP contribution is -2.46. The van der Waals surface area contributed by atoms with Crippen LogP contribution >= 0.6 is 12.2 Å². The molecule has 0 aliphatic heterocycles. The zero-order valence-electron chi connectivity index (χ0n) is 11.9. The zero-order valence-corrected chi connectivity index (χ0v) is 13.5. The van der Waals surface area contributed by atoms with Crippen LogP contribution in [-0.2, 0) is 24.0 Å². The van der Waals surface area contributed by atoms with Gasteiger partial charge in [-0.2, -0.15) is 0 Å². The first-order valence-electron chi connectivity index (χ1n) is 6.50. The molecule has 0 aromatic heterocycles. The average Bonchev–Trinajstić information content (AvgIpc) is 2.43. The van der Waals surface area contributed by atoms with Gasteiger partial charge in [0.1, 0.15) is 0 Å². The Morgan fingerprint density at radius 3 is 2.30 bits per heavy atom. The summed E-state index contributed by atoms with van der Waals surface area (Å²) >= 11 is 9.32. The standard InChI is InChI=1S/C14H20N3OS2/c1-9(2)8-11-4-6-12(7-5-11)10(3)13(18)15-16-14(19)17-20/h4-7,9-10H,8H2,1-3H3,(H3-,15,16,17,18,19,20)/q-1. The summed E-state index contributed by atoms with van der Waals surface area (Å²) in [5, 5.41) is 0.202. The largest absolute Gasteiger partial charge is 0.668 e. The minimum absolute atomic E-state index is 0.158. The van der Waals surface area contributed by atoms with Gasteiger partial charge in [0.25, 0.3) is 0 Å². The molecule has 0 heterocycles. The normalized spacial score (nSPS) is 11.8. The first-order chi connectivity index (χ1) is 9.43. The van der Waals surface area contributed by atoms with Gasteiger partial charge in [-0.15, -0.1) is 0 Å². The second-order valence-corrected chi connectivity index (χ2v) is 5.72. The molecule has 1 aromatic rings. The van der Waals surface area contributed by atoms with Crippen LogP contribution in [0.1, 0.15) is 37.8 Å². The van der Waals surface area contributed by atoms with Crippen molar-refractivity contribution in [1.82, 2.24) is 15.6 Å². The second kappa shape index (κ2) is 8.11. The summed E-state index contributed by atoms with van der Waals surface area (Å²) in [4.78, 5) is 11.9. The van der Waals surface area contributed by atoms with E-state index in [1.807, 2.05) is 19.1 Å². The average molecular weight is 310 g/mol. The zero-order chi connectivity index (χ0) is 15.1. The lowest BCUT2D eigenvalue weighted by atomic mass is 9.96. The van der Waals surface area contributed by atoms with Crippen LogP contribution in [-0.4, -0.2) is 11.0 Å². The Morgan fingerprint density at radius 2 is 1.80 bits per heavy atom. The third-order valence-corrected chi connectivity index (χ3v) is 3.45. The maximum Gasteiger partial charge on any atom is 0.245 e. The van der Waals surface area contributed by atoms with E-state index in [2.05, 4.69) is 54.4 Å². The number of carbonyl (C=O) groups excluding carboxylic acids is 1. The maximum atomic E-state index is 11.9. The molecular weight excluding hydrogens is 290 g/mol. The molecule has 1 unspecified atom stereocenters. The van der Waals surface area contributed by atoms with Crippen LogP contribution in [0.2, 0.25) is 0 Å². The van der Waals surface area contributed by atoms with Crippen LogP contribution in [0.5, 0.6) is 0 Å². The fourth-order valence-electron chi connectivity index (χ4n) is 1.82. The van der Waals surface area contributed by atoms with Gasteiger partial charge in [0.05, 0.1) is 5.92 Å². The van der Waals surface area contributed by atoms with Gasteiger partial charge in [0.15, 0.2) is 5.11 Å². The quantitative estimate of drug-likeness (QED) is 0.451. The first kappa shape index (κ1) is 16.8. The Balaban J connectivity index is 2.60. The maximum absolute atomic E-state index is 11.9. The highest BCUT2D eigenvalue weighted by atomic mass is 32.1. The van der Waals surface area contributed by atoms with Gasteiger partial charge in [0, 0.05) is 0 Å². The predicted molar refractivity (Wildman–Crippen MR) is 87.8 cm³/mol. The van der Waals surface area contributed by atoms with Crippen LogP contribution in [0.15, 0.2) is 24.3 Å². The SMILES string of the molecule is CC(C)Cc1ccc(C(C)C(=O)NNC(=S)N[S-])cc1. The summed E-state index contributed by atoms with van der Waals surface area (Å²) in [6, 6.07) is 8.13. The highest BCUT2D eigenvalue weighted by Gasteiger charge is 2.14. The van der Waals surface area contributed by atoms with E-state index in [9.17, 15) is 4.79 Å². The molecule has 3 N–H and O–H groups in total. The molecule has 1 atom stereocenters. The smallest absolute Gasteiger partial charge is 0.245 e. The fraction of sp³-hybridized carbons (Fsp3) is 0.429. The Labute approximate surface area is 131 Å². The molecule has 0 fully saturated rings. The van der Waals surface area contributed by atoms with Crippen molar-refractivity contribution in [1.29, 1.82) is 0 Å². The van der Waals surface area contributed by atoms with Crippen molar-refractivity contribution in [3.05, 3.63) is 35.4 Å². The van der Waals surface area contributed by atoms with Crippen LogP contribution in [0, 0.1) is 5.92 Å². The van der Waals surface area contributed by atoms with Crippen molar-refractivity contribution in [2.45, 2.75) is 33.1 Å². The van der Waals surface area contributed by atoms with E-state index in [1.165, 1.54) is 5.56 Å². The lowest BCUT2D eigenvalue weighted by molar-refractivity contribution is -0.122. The fourth-order valence-corrected chi connectivity index (χ4v) is 1.92. The molecule has 0 bridgehead atoms. The van der Waals surface area contributed by atoms with Gasteiger partial charge in [-0.3, -0.25) is 15.6 Å². The molecule has 20 heavy (non-hydrogen) atoms. The predicted octanol–water partition coefficient (Wildman–Crippen LogP) is 1.95. The van der Waals surface area contributed by atoms with Crippen molar-refractivity contribution in [3.63, 3.8) is 0 Å². The van der Waals surface area contributed by atoms with Crippen LogP contribution in [0.3, 0.4) is 0 Å². The van der Waals surface area contributed by atoms with Crippen molar-refractivity contribution < 1.29 is 4.79 Å². The number of hydrogen-bond donors (Lipinski definition) is 3. The number of hydrazine groups is 1. The van der Waals surface area contributed by atoms with Gasteiger partial charge in [-0.05, 0) is 42.6 Å². The van der Waals surface area contributed by atoms with E-state index >= 15 is 0 Å². The number of hydrogen-bond acceptors (Lipinski definition) is 3. The van der Waals surface area contributed by atoms with Gasteiger partial charge >= 0.3 is 0 Å². The van der Waals surface area contributed by atoms with Crippen molar-refractivity contribution >= 4 is 36.1 Å². The summed E-state index contributed by atoms with van der Waals surface area (Å²) in [6.45, 7) is 6.22. The Morgan fingerprint density at radius 1 is 1.20 bits per heavy atom. The van der Waals surface area contributed by atoms with E-state index in [0.29, 0.717) is 5.92 Å². The van der Waals surface area contributed by atoms with E-state index in [4.69, 9.17) is 12.2 Å². The van der Waals surface area contributed by atoms with Crippen LogP contribution in [0.25, 0.3) is 0 Å². The van der Waals surface area contributed by atoms with Crippen molar-refractivity contribution in [3.8, 4) is 0 Å². The third-order valence-electron chi connectivity index (χ3n) is 2.91. The molecule has 1 rings (SSSR count). The molecule has 0 spiro atoms. The van der Waals surface area contributed by atoms with Crippen LogP contribution < -0.4 is 15.6 Å². The lowest BCUT2D eigenvalue weighted by Gasteiger charge is -2.17. The number of amides is 1. The minimum atomic E-state index is -0.261. The molecule has 6 heteroatoms. The third kappa shape index (κ3) is 5.38. The minimum Gasteiger partial charge on any atom is -0.668 e. The molecule has 4 nitrogen and oxygen atoms in total. The number of carbonyl (C=O) groups is 1. The van der Waals surface area contributed by atoms with Crippen molar-refractivity contribution in [2.24, 2.45) is 5.92 Å². The Bertz CT molecular complexity index is 460. The number of benzene rings is 1. The molecule has 0 radical (unpaired) electrons. The molecule has 0 saturated heterocycles. The topological polar surface area (TPSA) is 53.2 Å². The summed E-state index contributed by atoms with van der Waals surface area (Å²) in [5.74, 6) is 0.204. The highest BCUT2D eigenvalue weighted by Crippen LogP contribution is 2.17. The summed E-state index contributed by atoms with van der Waals surface area (Å²) in [7, 11) is 0. The molecule has 0 saturated carbocycles. The summed E-state index contributed by atoms with van der Waals surface area (Å²) in [6.07, 6.45) is 1.04. The van der Waals surface area contributed by atoms with E-state index in [1.54, 1.807) is 0 Å². The van der Waals surface area contributed by atoms with Crippen LogP contribution in [0.4, 0.5) is 0 Å². The molecule has 110 valence electrons.